The Morgan fingerprint density at radius 2 is 1.79 bits per heavy atom. The predicted octanol–water partition coefficient (Wildman–Crippen LogP) is 6.63. The molecule has 8 nitrogen and oxygen atoms in total. The standard InChI is InChI=1S/C33H42N6O2.C2H6/c1-23-17-27(22-39(20-23)30-14-11-25(18-34)31-29(30)8-5-15-35-31)36-19-24-9-12-28(13-10-24)38-16-6-7-26(21-38)37-32(40)41-33(2,3)4;1-2/h5,8-15,23,26-27,36H,6-7,16-17,19-22H2,1-4H3,(H,37,40);1-2H3. The van der Waals surface area contributed by atoms with Gasteiger partial charge in [0.15, 0.2) is 0 Å². The van der Waals surface area contributed by atoms with Gasteiger partial charge >= 0.3 is 6.09 Å². The molecule has 0 saturated carbocycles. The number of ether oxygens (including phenoxy) is 1. The lowest BCUT2D eigenvalue weighted by atomic mass is 9.94. The molecule has 0 spiro atoms. The van der Waals surface area contributed by atoms with E-state index in [0.717, 1.165) is 68.6 Å². The first-order valence-corrected chi connectivity index (χ1v) is 15.8. The highest BCUT2D eigenvalue weighted by Crippen LogP contribution is 2.31. The fourth-order valence-electron chi connectivity index (χ4n) is 6.11. The van der Waals surface area contributed by atoms with Crippen LogP contribution in [0.4, 0.5) is 16.2 Å². The van der Waals surface area contributed by atoms with Crippen molar-refractivity contribution in [3.05, 3.63) is 65.9 Å². The molecule has 0 aliphatic carbocycles. The van der Waals surface area contributed by atoms with E-state index in [1.54, 1.807) is 6.20 Å². The molecule has 0 radical (unpaired) electrons. The van der Waals surface area contributed by atoms with Crippen molar-refractivity contribution in [1.29, 1.82) is 5.26 Å². The van der Waals surface area contributed by atoms with Crippen LogP contribution in [-0.2, 0) is 11.3 Å². The van der Waals surface area contributed by atoms with E-state index in [2.05, 4.69) is 74.8 Å². The minimum Gasteiger partial charge on any atom is -0.444 e. The highest BCUT2D eigenvalue weighted by atomic mass is 16.6. The fraction of sp³-hybridized carbons (Fsp3) is 0.514. The Morgan fingerprint density at radius 3 is 2.51 bits per heavy atom. The van der Waals surface area contributed by atoms with Crippen LogP contribution in [-0.4, -0.2) is 54.9 Å². The number of piperidine rings is 2. The minimum absolute atomic E-state index is 0.0835. The number of nitriles is 1. The van der Waals surface area contributed by atoms with Crippen molar-refractivity contribution in [1.82, 2.24) is 15.6 Å². The number of alkyl carbamates (subject to hydrolysis) is 1. The molecule has 2 aliphatic heterocycles. The second-order valence-electron chi connectivity index (χ2n) is 12.6. The first kappa shape index (κ1) is 32.1. The third-order valence-corrected chi connectivity index (χ3v) is 7.91. The third kappa shape index (κ3) is 8.61. The Kier molecular flexibility index (Phi) is 10.9. The summed E-state index contributed by atoms with van der Waals surface area (Å²) in [4.78, 5) is 21.5. The molecule has 3 aromatic rings. The number of rotatable bonds is 6. The molecule has 230 valence electrons. The van der Waals surface area contributed by atoms with Gasteiger partial charge in [-0.25, -0.2) is 4.79 Å². The lowest BCUT2D eigenvalue weighted by molar-refractivity contribution is 0.0500. The fourth-order valence-corrected chi connectivity index (χ4v) is 6.11. The molecule has 2 saturated heterocycles. The number of nitrogens with zero attached hydrogens (tertiary/aromatic N) is 4. The Hall–Kier alpha value is -3.83. The van der Waals surface area contributed by atoms with Gasteiger partial charge in [0.25, 0.3) is 0 Å². The summed E-state index contributed by atoms with van der Waals surface area (Å²) >= 11 is 0. The van der Waals surface area contributed by atoms with Crippen LogP contribution < -0.4 is 20.4 Å². The number of benzene rings is 2. The molecule has 1 aromatic heterocycles. The zero-order chi connectivity index (χ0) is 31.0. The van der Waals surface area contributed by atoms with Gasteiger partial charge in [-0.1, -0.05) is 32.9 Å². The van der Waals surface area contributed by atoms with E-state index in [1.165, 1.54) is 11.3 Å². The van der Waals surface area contributed by atoms with Crippen LogP contribution in [0.5, 0.6) is 0 Å². The number of carbonyl (C=O) groups excluding carboxylic acids is 1. The van der Waals surface area contributed by atoms with Crippen LogP contribution in [0.1, 0.15) is 71.9 Å². The lowest BCUT2D eigenvalue weighted by Gasteiger charge is -2.39. The first-order valence-electron chi connectivity index (χ1n) is 15.8. The molecule has 2 fully saturated rings. The number of pyridine rings is 1. The van der Waals surface area contributed by atoms with Crippen molar-refractivity contribution < 1.29 is 9.53 Å². The second-order valence-corrected chi connectivity index (χ2v) is 12.6. The van der Waals surface area contributed by atoms with Crippen molar-refractivity contribution in [3.8, 4) is 6.07 Å². The molecule has 43 heavy (non-hydrogen) atoms. The zero-order valence-corrected chi connectivity index (χ0v) is 26.7. The van der Waals surface area contributed by atoms with E-state index in [1.807, 2.05) is 46.8 Å². The average Bonchev–Trinajstić information content (AvgIpc) is 2.99. The van der Waals surface area contributed by atoms with Crippen LogP contribution in [0.3, 0.4) is 0 Å². The van der Waals surface area contributed by atoms with E-state index < -0.39 is 5.60 Å². The summed E-state index contributed by atoms with van der Waals surface area (Å²) in [6, 6.07) is 19.5. The predicted molar refractivity (Wildman–Crippen MR) is 175 cm³/mol. The number of hydrogen-bond acceptors (Lipinski definition) is 7. The molecule has 0 bridgehead atoms. The topological polar surface area (TPSA) is 93.5 Å². The van der Waals surface area contributed by atoms with Crippen molar-refractivity contribution in [2.24, 2.45) is 5.92 Å². The zero-order valence-electron chi connectivity index (χ0n) is 26.7. The lowest BCUT2D eigenvalue weighted by Crippen LogP contribution is -2.49. The molecule has 2 aliphatic rings. The Bertz CT molecular complexity index is 1390. The highest BCUT2D eigenvalue weighted by molar-refractivity contribution is 5.95. The molecule has 3 heterocycles. The molecule has 2 N–H and O–H groups in total. The van der Waals surface area contributed by atoms with E-state index in [9.17, 15) is 10.1 Å². The summed E-state index contributed by atoms with van der Waals surface area (Å²) in [6.45, 7) is 16.4. The SMILES string of the molecule is CC.CC1CC(NCc2ccc(N3CCCC(NC(=O)OC(C)(C)C)C3)cc2)CN(c2ccc(C#N)c3ncccc23)C1. The van der Waals surface area contributed by atoms with E-state index >= 15 is 0 Å². The highest BCUT2D eigenvalue weighted by Gasteiger charge is 2.27. The maximum atomic E-state index is 12.2. The van der Waals surface area contributed by atoms with Crippen molar-refractivity contribution >= 4 is 28.4 Å². The molecule has 8 heteroatoms. The number of nitrogens with one attached hydrogen (secondary N) is 2. The summed E-state index contributed by atoms with van der Waals surface area (Å²) in [7, 11) is 0. The number of amides is 1. The van der Waals surface area contributed by atoms with E-state index in [4.69, 9.17) is 4.74 Å². The van der Waals surface area contributed by atoms with Gasteiger partial charge in [-0.3, -0.25) is 4.98 Å². The monoisotopic (exact) mass is 584 g/mol. The summed E-state index contributed by atoms with van der Waals surface area (Å²) in [5, 5.41) is 17.4. The first-order chi connectivity index (χ1) is 20.7. The average molecular weight is 585 g/mol. The number of fused-ring (bicyclic) bond motifs is 1. The Balaban J connectivity index is 0.00000207. The van der Waals surface area contributed by atoms with Crippen LogP contribution in [0.2, 0.25) is 0 Å². The van der Waals surface area contributed by atoms with Crippen LogP contribution >= 0.6 is 0 Å². The van der Waals surface area contributed by atoms with Crippen LogP contribution in [0, 0.1) is 17.2 Å². The summed E-state index contributed by atoms with van der Waals surface area (Å²) in [5.74, 6) is 0.548. The summed E-state index contributed by atoms with van der Waals surface area (Å²) in [5.41, 5.74) is 4.49. The quantitative estimate of drug-likeness (QED) is 0.336. The Morgan fingerprint density at radius 1 is 1.05 bits per heavy atom. The van der Waals surface area contributed by atoms with Gasteiger partial charge in [0.1, 0.15) is 11.7 Å². The molecule has 3 atom stereocenters. The number of hydrogen-bond donors (Lipinski definition) is 2. The number of carbonyl (C=O) groups is 1. The largest absolute Gasteiger partial charge is 0.444 e. The summed E-state index contributed by atoms with van der Waals surface area (Å²) < 4.78 is 5.45. The van der Waals surface area contributed by atoms with Gasteiger partial charge in [0.05, 0.1) is 11.1 Å². The second kappa shape index (κ2) is 14.6. The minimum atomic E-state index is -0.494. The van der Waals surface area contributed by atoms with Gasteiger partial charge < -0.3 is 25.2 Å². The number of aromatic nitrogens is 1. The molecule has 2 aromatic carbocycles. The maximum Gasteiger partial charge on any atom is 0.407 e. The molecule has 5 rings (SSSR count). The van der Waals surface area contributed by atoms with Crippen LogP contribution in [0.25, 0.3) is 10.9 Å². The molecule has 3 unspecified atom stereocenters. The normalized spacial score (nSPS) is 20.5. The molecular formula is C35H48N6O2. The molecule has 1 amide bonds. The van der Waals surface area contributed by atoms with Crippen molar-refractivity contribution in [2.45, 2.75) is 85.0 Å². The molecular weight excluding hydrogens is 536 g/mol. The summed E-state index contributed by atoms with van der Waals surface area (Å²) in [6.07, 6.45) is 4.53. The van der Waals surface area contributed by atoms with Gasteiger partial charge in [0, 0.05) is 67.8 Å². The van der Waals surface area contributed by atoms with Gasteiger partial charge in [-0.05, 0) is 87.9 Å². The van der Waals surface area contributed by atoms with Crippen molar-refractivity contribution in [2.75, 3.05) is 36.0 Å². The van der Waals surface area contributed by atoms with Crippen LogP contribution in [0.15, 0.2) is 54.7 Å². The number of anilines is 2. The smallest absolute Gasteiger partial charge is 0.407 e. The van der Waals surface area contributed by atoms with E-state index in [0.29, 0.717) is 17.5 Å². The van der Waals surface area contributed by atoms with Crippen molar-refractivity contribution in [3.63, 3.8) is 0 Å². The van der Waals surface area contributed by atoms with Gasteiger partial charge in [-0.2, -0.15) is 5.26 Å². The van der Waals surface area contributed by atoms with E-state index in [-0.39, 0.29) is 12.1 Å². The Labute approximate surface area is 257 Å². The third-order valence-electron chi connectivity index (χ3n) is 7.91. The maximum absolute atomic E-state index is 12.2. The van der Waals surface area contributed by atoms with Gasteiger partial charge in [-0.15, -0.1) is 0 Å². The van der Waals surface area contributed by atoms with Gasteiger partial charge in [0.2, 0.25) is 0 Å².